The number of sulfonamides is 1. The third kappa shape index (κ3) is 6.33. The van der Waals surface area contributed by atoms with Gasteiger partial charge < -0.3 is 9.47 Å². The standard InChI is InChI=1S/C18H16F2N4O5S2/c1-11-9-15(29-16(19)20)22-17(21-11)23-18(25)24-31(26,27)14-7-3-2-6-13(14)28-10-12-5-4-8-30-12/h2-9,16H,10H2,1H3,(H2,21,22,23,24,25). The zero-order valence-corrected chi connectivity index (χ0v) is 17.5. The predicted octanol–water partition coefficient (Wildman–Crippen LogP) is 3.54. The minimum atomic E-state index is -4.33. The second-order valence-electron chi connectivity index (χ2n) is 5.92. The van der Waals surface area contributed by atoms with Gasteiger partial charge in [0, 0.05) is 16.6 Å². The number of amides is 2. The number of rotatable bonds is 8. The van der Waals surface area contributed by atoms with Gasteiger partial charge in [0.15, 0.2) is 0 Å². The quantitative estimate of drug-likeness (QED) is 0.517. The molecule has 31 heavy (non-hydrogen) atoms. The molecule has 2 amide bonds. The molecule has 2 heterocycles. The third-order valence-corrected chi connectivity index (χ3v) is 5.80. The van der Waals surface area contributed by atoms with Crippen LogP contribution in [0.2, 0.25) is 0 Å². The minimum absolute atomic E-state index is 0.0515. The first-order valence-corrected chi connectivity index (χ1v) is 11.0. The van der Waals surface area contributed by atoms with E-state index < -0.39 is 34.5 Å². The molecule has 3 rings (SSSR count). The van der Waals surface area contributed by atoms with Crippen molar-refractivity contribution in [3.63, 3.8) is 0 Å². The van der Waals surface area contributed by atoms with Crippen LogP contribution in [0, 0.1) is 6.92 Å². The highest BCUT2D eigenvalue weighted by molar-refractivity contribution is 7.90. The van der Waals surface area contributed by atoms with E-state index in [0.29, 0.717) is 0 Å². The Kier molecular flexibility index (Phi) is 6.97. The summed E-state index contributed by atoms with van der Waals surface area (Å²) in [5.74, 6) is -0.839. The Morgan fingerprint density at radius 3 is 2.68 bits per heavy atom. The molecule has 0 radical (unpaired) electrons. The van der Waals surface area contributed by atoms with Crippen LogP contribution in [0.4, 0.5) is 19.5 Å². The van der Waals surface area contributed by atoms with E-state index in [0.717, 1.165) is 10.9 Å². The molecule has 0 saturated carbocycles. The van der Waals surface area contributed by atoms with E-state index in [-0.39, 0.29) is 22.9 Å². The number of benzene rings is 1. The smallest absolute Gasteiger partial charge is 0.388 e. The Balaban J connectivity index is 1.72. The topological polar surface area (TPSA) is 120 Å². The van der Waals surface area contributed by atoms with Gasteiger partial charge in [0.25, 0.3) is 10.0 Å². The average Bonchev–Trinajstić information content (AvgIpc) is 3.18. The van der Waals surface area contributed by atoms with Crippen molar-refractivity contribution in [2.75, 3.05) is 5.32 Å². The summed E-state index contributed by atoms with van der Waals surface area (Å²) in [7, 11) is -4.33. The summed E-state index contributed by atoms with van der Waals surface area (Å²) in [6.07, 6.45) is 0. The van der Waals surface area contributed by atoms with Gasteiger partial charge in [0.05, 0.1) is 0 Å². The van der Waals surface area contributed by atoms with E-state index in [1.807, 2.05) is 22.2 Å². The van der Waals surface area contributed by atoms with Crippen molar-refractivity contribution in [2.24, 2.45) is 0 Å². The third-order valence-electron chi connectivity index (χ3n) is 3.58. The van der Waals surface area contributed by atoms with Gasteiger partial charge in [-0.2, -0.15) is 13.8 Å². The van der Waals surface area contributed by atoms with Crippen molar-refractivity contribution in [3.05, 3.63) is 58.4 Å². The Morgan fingerprint density at radius 1 is 1.19 bits per heavy atom. The number of ether oxygens (including phenoxy) is 2. The van der Waals surface area contributed by atoms with Crippen LogP contribution in [0.15, 0.2) is 52.7 Å². The fourth-order valence-corrected chi connectivity index (χ4v) is 4.06. The van der Waals surface area contributed by atoms with Gasteiger partial charge in [-0.1, -0.05) is 18.2 Å². The van der Waals surface area contributed by atoms with Gasteiger partial charge in [-0.15, -0.1) is 11.3 Å². The normalized spacial score (nSPS) is 11.2. The van der Waals surface area contributed by atoms with Crippen molar-refractivity contribution in [2.45, 2.75) is 25.0 Å². The number of hydrogen-bond donors (Lipinski definition) is 2. The van der Waals surface area contributed by atoms with Crippen LogP contribution >= 0.6 is 11.3 Å². The molecule has 0 aliphatic heterocycles. The molecule has 164 valence electrons. The zero-order valence-electron chi connectivity index (χ0n) is 15.9. The molecule has 0 aliphatic rings. The molecule has 2 aromatic heterocycles. The van der Waals surface area contributed by atoms with Crippen LogP contribution in [0.5, 0.6) is 11.6 Å². The molecule has 0 saturated heterocycles. The van der Waals surface area contributed by atoms with Crippen LogP contribution in [-0.2, 0) is 16.6 Å². The maximum atomic E-state index is 12.7. The summed E-state index contributed by atoms with van der Waals surface area (Å²) in [6, 6.07) is 9.41. The Bertz CT molecular complexity index is 1160. The summed E-state index contributed by atoms with van der Waals surface area (Å²) in [4.78, 5) is 20.2. The maximum absolute atomic E-state index is 12.7. The molecule has 0 unspecified atom stereocenters. The lowest BCUT2D eigenvalue weighted by Gasteiger charge is -2.13. The summed E-state index contributed by atoms with van der Waals surface area (Å²) >= 11 is 1.45. The molecule has 9 nitrogen and oxygen atoms in total. The van der Waals surface area contributed by atoms with E-state index in [2.05, 4.69) is 20.0 Å². The molecule has 1 aromatic carbocycles. The second-order valence-corrected chi connectivity index (χ2v) is 8.61. The molecule has 13 heteroatoms. The summed E-state index contributed by atoms with van der Waals surface area (Å²) in [5, 5.41) is 3.94. The van der Waals surface area contributed by atoms with E-state index in [4.69, 9.17) is 4.74 Å². The number of aryl methyl sites for hydroxylation is 1. The number of para-hydroxylation sites is 1. The minimum Gasteiger partial charge on any atom is -0.487 e. The first-order chi connectivity index (χ1) is 14.7. The lowest BCUT2D eigenvalue weighted by atomic mass is 10.3. The number of nitrogens with zero attached hydrogens (tertiary/aromatic N) is 2. The molecular formula is C18H16F2N4O5S2. The van der Waals surface area contributed by atoms with Crippen molar-refractivity contribution < 1.29 is 31.5 Å². The number of halogens is 2. The molecule has 0 fully saturated rings. The number of anilines is 1. The highest BCUT2D eigenvalue weighted by atomic mass is 32.2. The lowest BCUT2D eigenvalue weighted by molar-refractivity contribution is -0.0528. The number of carbonyl (C=O) groups is 1. The highest BCUT2D eigenvalue weighted by Crippen LogP contribution is 2.25. The number of alkyl halides is 2. The molecule has 0 atom stereocenters. The van der Waals surface area contributed by atoms with Crippen LogP contribution in [-0.4, -0.2) is 31.0 Å². The van der Waals surface area contributed by atoms with Gasteiger partial charge in [-0.3, -0.25) is 5.32 Å². The molecule has 0 spiro atoms. The van der Waals surface area contributed by atoms with Crippen LogP contribution in [0.3, 0.4) is 0 Å². The Hall–Kier alpha value is -3.32. The van der Waals surface area contributed by atoms with Crippen LogP contribution in [0.25, 0.3) is 0 Å². The van der Waals surface area contributed by atoms with Gasteiger partial charge in [-0.25, -0.2) is 22.9 Å². The van der Waals surface area contributed by atoms with E-state index in [1.165, 1.54) is 36.5 Å². The summed E-state index contributed by atoms with van der Waals surface area (Å²) in [6.45, 7) is -1.51. The number of thiophene rings is 1. The first-order valence-electron chi connectivity index (χ1n) is 8.61. The number of urea groups is 1. The second kappa shape index (κ2) is 9.66. The molecular weight excluding hydrogens is 454 g/mol. The van der Waals surface area contributed by atoms with Crippen LogP contribution < -0.4 is 19.5 Å². The van der Waals surface area contributed by atoms with E-state index in [1.54, 1.807) is 6.07 Å². The number of carbonyl (C=O) groups excluding carboxylic acids is 1. The highest BCUT2D eigenvalue weighted by Gasteiger charge is 2.23. The first kappa shape index (κ1) is 22.4. The monoisotopic (exact) mass is 470 g/mol. The number of nitrogens with one attached hydrogen (secondary N) is 2. The fourth-order valence-electron chi connectivity index (χ4n) is 2.39. The molecule has 0 bridgehead atoms. The predicted molar refractivity (Wildman–Crippen MR) is 108 cm³/mol. The summed E-state index contributed by atoms with van der Waals surface area (Å²) in [5.41, 5.74) is 0.219. The van der Waals surface area contributed by atoms with Crippen molar-refractivity contribution in [3.8, 4) is 11.6 Å². The fraction of sp³-hybridized carbons (Fsp3) is 0.167. The van der Waals surface area contributed by atoms with E-state index in [9.17, 15) is 22.0 Å². The van der Waals surface area contributed by atoms with Crippen LogP contribution in [0.1, 0.15) is 10.6 Å². The van der Waals surface area contributed by atoms with Crippen molar-refractivity contribution >= 4 is 33.3 Å². The number of aromatic nitrogens is 2. The van der Waals surface area contributed by atoms with E-state index >= 15 is 0 Å². The molecule has 0 aliphatic carbocycles. The summed E-state index contributed by atoms with van der Waals surface area (Å²) < 4.78 is 61.7. The lowest BCUT2D eigenvalue weighted by Crippen LogP contribution is -2.35. The van der Waals surface area contributed by atoms with Gasteiger partial charge in [-0.05, 0) is 30.5 Å². The number of hydrogen-bond acceptors (Lipinski definition) is 8. The van der Waals surface area contributed by atoms with Crippen molar-refractivity contribution in [1.29, 1.82) is 0 Å². The van der Waals surface area contributed by atoms with Gasteiger partial charge in [0.1, 0.15) is 17.3 Å². The largest absolute Gasteiger partial charge is 0.487 e. The molecule has 2 N–H and O–H groups in total. The Morgan fingerprint density at radius 2 is 1.97 bits per heavy atom. The zero-order chi connectivity index (χ0) is 22.4. The Labute approximate surface area is 180 Å². The maximum Gasteiger partial charge on any atom is 0.388 e. The average molecular weight is 470 g/mol. The van der Waals surface area contributed by atoms with Crippen molar-refractivity contribution in [1.82, 2.24) is 14.7 Å². The van der Waals surface area contributed by atoms with Gasteiger partial charge in [0.2, 0.25) is 11.8 Å². The van der Waals surface area contributed by atoms with Gasteiger partial charge >= 0.3 is 12.6 Å². The molecule has 3 aromatic rings. The SMILES string of the molecule is Cc1cc(OC(F)F)nc(NC(=O)NS(=O)(=O)c2ccccc2OCc2cccs2)n1.